The Kier molecular flexibility index (Phi) is 4.93. The Morgan fingerprint density at radius 2 is 2.10 bits per heavy atom. The van der Waals surface area contributed by atoms with Gasteiger partial charge < -0.3 is 9.84 Å². The van der Waals surface area contributed by atoms with Crippen LogP contribution in [-0.2, 0) is 5.75 Å². The number of nitrogens with zero attached hydrogens (tertiary/aromatic N) is 2. The fourth-order valence-corrected chi connectivity index (χ4v) is 3.23. The maximum Gasteiger partial charge on any atom is 0.243 e. The second kappa shape index (κ2) is 7.09. The molecule has 1 unspecified atom stereocenters. The number of thioether (sulfide) groups is 1. The maximum atomic E-state index is 5.43. The van der Waals surface area contributed by atoms with Gasteiger partial charge >= 0.3 is 0 Å². The lowest BCUT2D eigenvalue weighted by molar-refractivity contribution is 0.325. The molecule has 0 saturated carbocycles. The summed E-state index contributed by atoms with van der Waals surface area (Å²) < 4.78 is 5.43. The second-order valence-corrected chi connectivity index (χ2v) is 6.56. The van der Waals surface area contributed by atoms with Gasteiger partial charge in [0, 0.05) is 4.90 Å². The molecule has 3 rings (SSSR count). The van der Waals surface area contributed by atoms with E-state index in [1.807, 2.05) is 0 Å². The molecule has 0 amide bonds. The summed E-state index contributed by atoms with van der Waals surface area (Å²) in [5.41, 5.74) is 1.28. The Labute approximate surface area is 129 Å². The molecule has 0 radical (unpaired) electrons. The fraction of sp³-hybridized carbons (Fsp3) is 0.500. The smallest absolute Gasteiger partial charge is 0.243 e. The molecule has 2 aromatic rings. The van der Waals surface area contributed by atoms with Crippen LogP contribution in [0.1, 0.15) is 49.0 Å². The summed E-state index contributed by atoms with van der Waals surface area (Å²) in [6, 6.07) is 8.75. The summed E-state index contributed by atoms with van der Waals surface area (Å²) in [7, 11) is 0. The SMILES string of the molecule is Cc1ccc(SCc2noc(C3CCCCCN3)n2)cc1. The molecule has 0 aliphatic carbocycles. The number of rotatable bonds is 4. The number of hydrogen-bond donors (Lipinski definition) is 1. The van der Waals surface area contributed by atoms with Crippen molar-refractivity contribution in [3.05, 3.63) is 41.5 Å². The molecule has 112 valence electrons. The van der Waals surface area contributed by atoms with Crippen molar-refractivity contribution in [2.45, 2.75) is 49.3 Å². The van der Waals surface area contributed by atoms with Crippen molar-refractivity contribution in [2.24, 2.45) is 0 Å². The number of aromatic nitrogens is 2. The first kappa shape index (κ1) is 14.6. The fourth-order valence-electron chi connectivity index (χ4n) is 2.49. The molecule has 1 aliphatic rings. The predicted molar refractivity (Wildman–Crippen MR) is 84.2 cm³/mol. The van der Waals surface area contributed by atoms with Crippen LogP contribution in [0.3, 0.4) is 0 Å². The van der Waals surface area contributed by atoms with E-state index in [4.69, 9.17) is 4.52 Å². The molecule has 1 N–H and O–H groups in total. The third-order valence-corrected chi connectivity index (χ3v) is 4.74. The first-order valence-corrected chi connectivity index (χ1v) is 8.55. The number of benzene rings is 1. The topological polar surface area (TPSA) is 51.0 Å². The number of aryl methyl sites for hydroxylation is 1. The van der Waals surface area contributed by atoms with Gasteiger partial charge in [0.25, 0.3) is 0 Å². The Balaban J connectivity index is 1.58. The third kappa shape index (κ3) is 4.08. The minimum Gasteiger partial charge on any atom is -0.338 e. The van der Waals surface area contributed by atoms with Crippen molar-refractivity contribution >= 4 is 11.8 Å². The molecule has 4 nitrogen and oxygen atoms in total. The summed E-state index contributed by atoms with van der Waals surface area (Å²) >= 11 is 1.74. The van der Waals surface area contributed by atoms with Gasteiger partial charge in [-0.2, -0.15) is 4.98 Å². The molecule has 5 heteroatoms. The Morgan fingerprint density at radius 3 is 2.95 bits per heavy atom. The van der Waals surface area contributed by atoms with E-state index in [2.05, 4.69) is 46.6 Å². The molecule has 2 heterocycles. The number of nitrogens with one attached hydrogen (secondary N) is 1. The highest BCUT2D eigenvalue weighted by atomic mass is 32.2. The zero-order valence-corrected chi connectivity index (χ0v) is 13.2. The lowest BCUT2D eigenvalue weighted by Crippen LogP contribution is -2.20. The molecule has 21 heavy (non-hydrogen) atoms. The molecule has 0 spiro atoms. The van der Waals surface area contributed by atoms with Crippen LogP contribution in [0.4, 0.5) is 0 Å². The van der Waals surface area contributed by atoms with E-state index in [0.29, 0.717) is 0 Å². The van der Waals surface area contributed by atoms with Crippen LogP contribution in [0.25, 0.3) is 0 Å². The van der Waals surface area contributed by atoms with Gasteiger partial charge in [-0.15, -0.1) is 11.8 Å². The molecule has 1 saturated heterocycles. The standard InChI is InChI=1S/C16H21N3OS/c1-12-6-8-13(9-7-12)21-11-15-18-16(20-19-15)14-5-3-2-4-10-17-14/h6-9,14,17H,2-5,10-11H2,1H3. The Morgan fingerprint density at radius 1 is 1.24 bits per heavy atom. The van der Waals surface area contributed by atoms with Crippen LogP contribution in [0.5, 0.6) is 0 Å². The zero-order valence-electron chi connectivity index (χ0n) is 12.3. The molecule has 1 fully saturated rings. The van der Waals surface area contributed by atoms with Crippen LogP contribution >= 0.6 is 11.8 Å². The van der Waals surface area contributed by atoms with E-state index >= 15 is 0 Å². The van der Waals surface area contributed by atoms with Crippen molar-refractivity contribution in [2.75, 3.05) is 6.54 Å². The van der Waals surface area contributed by atoms with Gasteiger partial charge in [0.2, 0.25) is 5.89 Å². The van der Waals surface area contributed by atoms with E-state index in [1.54, 1.807) is 11.8 Å². The summed E-state index contributed by atoms with van der Waals surface area (Å²) in [5.74, 6) is 2.28. The highest BCUT2D eigenvalue weighted by Gasteiger charge is 2.19. The normalized spacial score (nSPS) is 19.4. The van der Waals surface area contributed by atoms with Gasteiger partial charge in [-0.05, 0) is 38.4 Å². The molecular weight excluding hydrogens is 282 g/mol. The maximum absolute atomic E-state index is 5.43. The van der Waals surface area contributed by atoms with Crippen LogP contribution in [-0.4, -0.2) is 16.7 Å². The van der Waals surface area contributed by atoms with Crippen LogP contribution < -0.4 is 5.32 Å². The van der Waals surface area contributed by atoms with Crippen molar-refractivity contribution in [1.29, 1.82) is 0 Å². The Hall–Kier alpha value is -1.33. The molecule has 1 aliphatic heterocycles. The van der Waals surface area contributed by atoms with E-state index in [1.165, 1.54) is 29.7 Å². The van der Waals surface area contributed by atoms with E-state index < -0.39 is 0 Å². The van der Waals surface area contributed by atoms with Crippen LogP contribution in [0, 0.1) is 6.92 Å². The first-order chi connectivity index (χ1) is 10.3. The average molecular weight is 303 g/mol. The summed E-state index contributed by atoms with van der Waals surface area (Å²) in [6.07, 6.45) is 4.84. The van der Waals surface area contributed by atoms with Crippen molar-refractivity contribution in [3.63, 3.8) is 0 Å². The minimum atomic E-state index is 0.234. The van der Waals surface area contributed by atoms with E-state index in [9.17, 15) is 0 Å². The third-order valence-electron chi connectivity index (χ3n) is 3.73. The highest BCUT2D eigenvalue weighted by Crippen LogP contribution is 2.24. The van der Waals surface area contributed by atoms with Crippen LogP contribution in [0.2, 0.25) is 0 Å². The Bertz CT molecular complexity index is 559. The highest BCUT2D eigenvalue weighted by molar-refractivity contribution is 7.98. The van der Waals surface area contributed by atoms with Gasteiger partial charge in [-0.3, -0.25) is 0 Å². The summed E-state index contributed by atoms with van der Waals surface area (Å²) in [6.45, 7) is 3.14. The second-order valence-electron chi connectivity index (χ2n) is 5.51. The average Bonchev–Trinajstić information content (AvgIpc) is 2.80. The van der Waals surface area contributed by atoms with Crippen molar-refractivity contribution in [3.8, 4) is 0 Å². The summed E-state index contributed by atoms with van der Waals surface area (Å²) in [4.78, 5) is 5.78. The van der Waals surface area contributed by atoms with Gasteiger partial charge in [-0.25, -0.2) is 0 Å². The van der Waals surface area contributed by atoms with Gasteiger partial charge in [0.15, 0.2) is 5.82 Å². The monoisotopic (exact) mass is 303 g/mol. The van der Waals surface area contributed by atoms with E-state index in [0.717, 1.165) is 30.4 Å². The largest absolute Gasteiger partial charge is 0.338 e. The summed E-state index contributed by atoms with van der Waals surface area (Å²) in [5, 5.41) is 7.60. The van der Waals surface area contributed by atoms with E-state index in [-0.39, 0.29) is 6.04 Å². The predicted octanol–water partition coefficient (Wildman–Crippen LogP) is 3.88. The van der Waals surface area contributed by atoms with Crippen molar-refractivity contribution in [1.82, 2.24) is 15.5 Å². The van der Waals surface area contributed by atoms with Crippen molar-refractivity contribution < 1.29 is 4.52 Å². The van der Waals surface area contributed by atoms with Crippen LogP contribution in [0.15, 0.2) is 33.7 Å². The van der Waals surface area contributed by atoms with Gasteiger partial charge in [0.05, 0.1) is 11.8 Å². The molecule has 1 aromatic carbocycles. The zero-order chi connectivity index (χ0) is 14.5. The molecule has 1 aromatic heterocycles. The number of hydrogen-bond acceptors (Lipinski definition) is 5. The lowest BCUT2D eigenvalue weighted by Gasteiger charge is -2.09. The van der Waals surface area contributed by atoms with Gasteiger partial charge in [0.1, 0.15) is 0 Å². The molecular formula is C16H21N3OS. The lowest BCUT2D eigenvalue weighted by atomic mass is 10.1. The quantitative estimate of drug-likeness (QED) is 0.869. The first-order valence-electron chi connectivity index (χ1n) is 7.56. The molecule has 0 bridgehead atoms. The minimum absolute atomic E-state index is 0.234. The molecule has 1 atom stereocenters. The van der Waals surface area contributed by atoms with Gasteiger partial charge in [-0.1, -0.05) is 35.7 Å².